The molecule has 1 N–H and O–H groups in total. The first-order valence-electron chi connectivity index (χ1n) is 8.39. The smallest absolute Gasteiger partial charge is 0.267 e. The second-order valence-corrected chi connectivity index (χ2v) is 6.73. The predicted octanol–water partition coefficient (Wildman–Crippen LogP) is 4.36. The minimum atomic E-state index is -0.302. The van der Waals surface area contributed by atoms with E-state index in [1.165, 1.54) is 0 Å². The summed E-state index contributed by atoms with van der Waals surface area (Å²) >= 11 is 1.55. The van der Waals surface area contributed by atoms with E-state index in [1.807, 2.05) is 78.2 Å². The molecule has 4 rings (SSSR count). The molecule has 0 bridgehead atoms. The van der Waals surface area contributed by atoms with Gasteiger partial charge < -0.3 is 0 Å². The van der Waals surface area contributed by atoms with E-state index in [9.17, 15) is 4.79 Å². The molecule has 0 saturated heterocycles. The van der Waals surface area contributed by atoms with Crippen LogP contribution in [0.1, 0.15) is 15.2 Å². The Hall–Kier alpha value is -3.51. The maximum Gasteiger partial charge on any atom is 0.275 e. The molecule has 0 fully saturated rings. The van der Waals surface area contributed by atoms with Crippen molar-refractivity contribution in [2.24, 2.45) is 5.10 Å². The molecule has 4 aromatic rings. The van der Waals surface area contributed by atoms with Crippen LogP contribution < -0.4 is 5.43 Å². The van der Waals surface area contributed by atoms with Crippen LogP contribution in [0, 0.1) is 0 Å². The van der Waals surface area contributed by atoms with E-state index in [-0.39, 0.29) is 5.91 Å². The van der Waals surface area contributed by atoms with E-state index in [4.69, 9.17) is 0 Å². The number of benzene rings is 2. The third-order valence-electron chi connectivity index (χ3n) is 3.93. The van der Waals surface area contributed by atoms with Crippen molar-refractivity contribution in [3.8, 4) is 16.9 Å². The molecule has 27 heavy (non-hydrogen) atoms. The SMILES string of the molecule is O=C(N/N=C/c1cccs1)c1cn(-c2ccccc2)nc1-c1ccccc1. The molecule has 0 aliphatic heterocycles. The molecule has 0 aliphatic carbocycles. The zero-order valence-corrected chi connectivity index (χ0v) is 15.1. The number of rotatable bonds is 5. The number of amides is 1. The number of hydrogen-bond acceptors (Lipinski definition) is 4. The maximum absolute atomic E-state index is 12.7. The Kier molecular flexibility index (Phi) is 4.89. The molecular weight excluding hydrogens is 356 g/mol. The summed E-state index contributed by atoms with van der Waals surface area (Å²) in [6.07, 6.45) is 3.36. The van der Waals surface area contributed by atoms with Gasteiger partial charge in [-0.05, 0) is 23.6 Å². The second kappa shape index (κ2) is 7.80. The fourth-order valence-electron chi connectivity index (χ4n) is 2.64. The monoisotopic (exact) mass is 372 g/mol. The van der Waals surface area contributed by atoms with Gasteiger partial charge in [0, 0.05) is 16.6 Å². The van der Waals surface area contributed by atoms with Crippen LogP contribution in [0.25, 0.3) is 16.9 Å². The quantitative estimate of drug-likeness (QED) is 0.418. The highest BCUT2D eigenvalue weighted by Crippen LogP contribution is 2.23. The summed E-state index contributed by atoms with van der Waals surface area (Å²) in [5.74, 6) is -0.302. The average Bonchev–Trinajstić information content (AvgIpc) is 3.39. The molecule has 132 valence electrons. The van der Waals surface area contributed by atoms with Crippen molar-refractivity contribution in [2.45, 2.75) is 0 Å². The summed E-state index contributed by atoms with van der Waals surface area (Å²) in [5.41, 5.74) is 5.44. The van der Waals surface area contributed by atoms with E-state index in [0.717, 1.165) is 16.1 Å². The van der Waals surface area contributed by atoms with Gasteiger partial charge in [-0.15, -0.1) is 11.3 Å². The lowest BCUT2D eigenvalue weighted by molar-refractivity contribution is 0.0956. The Bertz CT molecular complexity index is 1050. The molecule has 0 aliphatic rings. The van der Waals surface area contributed by atoms with E-state index in [0.29, 0.717) is 11.3 Å². The number of hydrazone groups is 1. The van der Waals surface area contributed by atoms with Crippen LogP contribution in [-0.4, -0.2) is 21.9 Å². The van der Waals surface area contributed by atoms with Crippen molar-refractivity contribution < 1.29 is 4.79 Å². The van der Waals surface area contributed by atoms with Crippen molar-refractivity contribution in [3.05, 3.63) is 94.8 Å². The summed E-state index contributed by atoms with van der Waals surface area (Å²) in [4.78, 5) is 13.7. The van der Waals surface area contributed by atoms with Crippen LogP contribution in [-0.2, 0) is 0 Å². The van der Waals surface area contributed by atoms with Crippen molar-refractivity contribution in [2.75, 3.05) is 0 Å². The van der Waals surface area contributed by atoms with Crippen LogP contribution in [0.5, 0.6) is 0 Å². The number of carbonyl (C=O) groups is 1. The van der Waals surface area contributed by atoms with Gasteiger partial charge in [0.25, 0.3) is 5.91 Å². The summed E-state index contributed by atoms with van der Waals surface area (Å²) in [5, 5.41) is 10.7. The fraction of sp³-hybridized carbons (Fsp3) is 0. The molecule has 6 heteroatoms. The lowest BCUT2D eigenvalue weighted by atomic mass is 10.1. The number of nitrogens with zero attached hydrogens (tertiary/aromatic N) is 3. The third-order valence-corrected chi connectivity index (χ3v) is 4.73. The molecule has 5 nitrogen and oxygen atoms in total. The number of carbonyl (C=O) groups excluding carboxylic acids is 1. The van der Waals surface area contributed by atoms with Crippen LogP contribution in [0.3, 0.4) is 0 Å². The van der Waals surface area contributed by atoms with Gasteiger partial charge in [-0.2, -0.15) is 10.2 Å². The minimum absolute atomic E-state index is 0.302. The lowest BCUT2D eigenvalue weighted by Crippen LogP contribution is -2.17. The van der Waals surface area contributed by atoms with Crippen molar-refractivity contribution in [1.29, 1.82) is 0 Å². The van der Waals surface area contributed by atoms with Gasteiger partial charge in [-0.1, -0.05) is 54.6 Å². The highest BCUT2D eigenvalue weighted by Gasteiger charge is 2.18. The minimum Gasteiger partial charge on any atom is -0.267 e. The highest BCUT2D eigenvalue weighted by molar-refractivity contribution is 7.11. The average molecular weight is 372 g/mol. The van der Waals surface area contributed by atoms with E-state index in [1.54, 1.807) is 28.4 Å². The molecular formula is C21H16N4OS. The Morgan fingerprint density at radius 2 is 1.74 bits per heavy atom. The molecule has 0 spiro atoms. The Balaban J connectivity index is 1.67. The summed E-state index contributed by atoms with van der Waals surface area (Å²) in [6.45, 7) is 0. The zero-order valence-electron chi connectivity index (χ0n) is 14.3. The first-order valence-corrected chi connectivity index (χ1v) is 9.26. The van der Waals surface area contributed by atoms with Crippen LogP contribution in [0.2, 0.25) is 0 Å². The Labute approximate surface area is 160 Å². The van der Waals surface area contributed by atoms with E-state index >= 15 is 0 Å². The van der Waals surface area contributed by atoms with Gasteiger partial charge in [0.05, 0.1) is 17.5 Å². The van der Waals surface area contributed by atoms with Gasteiger partial charge in [0.1, 0.15) is 5.69 Å². The van der Waals surface area contributed by atoms with Crippen molar-refractivity contribution in [1.82, 2.24) is 15.2 Å². The Morgan fingerprint density at radius 3 is 2.44 bits per heavy atom. The molecule has 0 atom stereocenters. The van der Waals surface area contributed by atoms with Gasteiger partial charge in [-0.3, -0.25) is 4.79 Å². The molecule has 0 unspecified atom stereocenters. The first-order chi connectivity index (χ1) is 13.3. The number of hydrogen-bond donors (Lipinski definition) is 1. The van der Waals surface area contributed by atoms with Crippen LogP contribution in [0.15, 0.2) is 89.5 Å². The van der Waals surface area contributed by atoms with Crippen LogP contribution >= 0.6 is 11.3 Å². The predicted molar refractivity (Wildman–Crippen MR) is 108 cm³/mol. The van der Waals surface area contributed by atoms with Crippen LogP contribution in [0.4, 0.5) is 0 Å². The standard InChI is InChI=1S/C21H16N4OS/c26-21(23-22-14-18-12-7-13-27-18)19-15-25(17-10-5-2-6-11-17)24-20(19)16-8-3-1-4-9-16/h1-15H,(H,23,26)/b22-14+. The van der Waals surface area contributed by atoms with Gasteiger partial charge in [0.2, 0.25) is 0 Å². The molecule has 0 saturated carbocycles. The first kappa shape index (κ1) is 16.9. The normalized spacial score (nSPS) is 11.0. The molecule has 2 aromatic heterocycles. The van der Waals surface area contributed by atoms with E-state index in [2.05, 4.69) is 15.6 Å². The van der Waals surface area contributed by atoms with Gasteiger partial charge >= 0.3 is 0 Å². The topological polar surface area (TPSA) is 59.3 Å². The summed E-state index contributed by atoms with van der Waals surface area (Å²) < 4.78 is 1.71. The number of thiophene rings is 1. The molecule has 0 radical (unpaired) electrons. The van der Waals surface area contributed by atoms with Gasteiger partial charge in [-0.25, -0.2) is 10.1 Å². The zero-order chi connectivity index (χ0) is 18.5. The van der Waals surface area contributed by atoms with Gasteiger partial charge in [0.15, 0.2) is 0 Å². The third kappa shape index (κ3) is 3.86. The summed E-state index contributed by atoms with van der Waals surface area (Å²) in [7, 11) is 0. The second-order valence-electron chi connectivity index (χ2n) is 5.75. The lowest BCUT2D eigenvalue weighted by Gasteiger charge is -2.01. The van der Waals surface area contributed by atoms with Crippen molar-refractivity contribution in [3.63, 3.8) is 0 Å². The van der Waals surface area contributed by atoms with E-state index < -0.39 is 0 Å². The highest BCUT2D eigenvalue weighted by atomic mass is 32.1. The molecule has 2 aromatic carbocycles. The number of nitrogens with one attached hydrogen (secondary N) is 1. The number of aromatic nitrogens is 2. The fourth-order valence-corrected chi connectivity index (χ4v) is 3.23. The number of para-hydroxylation sites is 1. The Morgan fingerprint density at radius 1 is 1.00 bits per heavy atom. The molecule has 1 amide bonds. The largest absolute Gasteiger partial charge is 0.275 e. The summed E-state index contributed by atoms with van der Waals surface area (Å²) in [6, 6.07) is 23.2. The maximum atomic E-state index is 12.7. The molecule has 2 heterocycles. The van der Waals surface area contributed by atoms with Crippen molar-refractivity contribution >= 4 is 23.5 Å².